The highest BCUT2D eigenvalue weighted by atomic mass is 16.5. The number of unbranched alkanes of at least 4 members (excludes halogenated alkanes) is 1. The van der Waals surface area contributed by atoms with E-state index in [1.807, 2.05) is 4.68 Å². The molecule has 0 unspecified atom stereocenters. The van der Waals surface area contributed by atoms with E-state index >= 15 is 0 Å². The molecule has 0 saturated carbocycles. The Morgan fingerprint density at radius 3 is 3.00 bits per heavy atom. The molecule has 0 bridgehead atoms. The van der Waals surface area contributed by atoms with Gasteiger partial charge < -0.3 is 10.1 Å². The average Bonchev–Trinajstić information content (AvgIpc) is 2.63. The van der Waals surface area contributed by atoms with Crippen LogP contribution < -0.4 is 5.32 Å². The van der Waals surface area contributed by atoms with Crippen LogP contribution in [0, 0.1) is 6.92 Å². The van der Waals surface area contributed by atoms with E-state index in [-0.39, 0.29) is 0 Å². The summed E-state index contributed by atoms with van der Waals surface area (Å²) in [6.07, 6.45) is 4.54. The van der Waals surface area contributed by atoms with Gasteiger partial charge in [-0.3, -0.25) is 4.68 Å². The molecule has 0 aliphatic carbocycles. The molecule has 1 aromatic heterocycles. The molecular weight excluding hydrogens is 202 g/mol. The minimum absolute atomic E-state index is 0.753. The first-order valence-corrected chi connectivity index (χ1v) is 6.00. The predicted molar refractivity (Wildman–Crippen MR) is 65.5 cm³/mol. The number of hydrogen-bond acceptors (Lipinski definition) is 3. The summed E-state index contributed by atoms with van der Waals surface area (Å²) in [4.78, 5) is 0. The summed E-state index contributed by atoms with van der Waals surface area (Å²) in [6.45, 7) is 7.80. The summed E-state index contributed by atoms with van der Waals surface area (Å²) >= 11 is 0. The molecule has 92 valence electrons. The number of rotatable bonds is 8. The number of nitrogens with zero attached hydrogens (tertiary/aromatic N) is 2. The van der Waals surface area contributed by atoms with E-state index < -0.39 is 0 Å². The van der Waals surface area contributed by atoms with E-state index in [1.54, 1.807) is 7.11 Å². The third-order valence-electron chi connectivity index (χ3n) is 2.59. The van der Waals surface area contributed by atoms with Gasteiger partial charge in [0, 0.05) is 38.5 Å². The molecular formula is C12H23N3O. The number of methoxy groups -OCH3 is 1. The first-order valence-electron chi connectivity index (χ1n) is 6.00. The number of hydrogen-bond donors (Lipinski definition) is 1. The molecule has 0 aromatic carbocycles. The zero-order valence-corrected chi connectivity index (χ0v) is 10.6. The van der Waals surface area contributed by atoms with E-state index in [0.29, 0.717) is 0 Å². The minimum Gasteiger partial charge on any atom is -0.383 e. The molecule has 16 heavy (non-hydrogen) atoms. The molecule has 0 saturated heterocycles. The summed E-state index contributed by atoms with van der Waals surface area (Å²) in [5.41, 5.74) is 2.41. The first kappa shape index (κ1) is 13.2. The van der Waals surface area contributed by atoms with Crippen molar-refractivity contribution in [1.29, 1.82) is 0 Å². The SMILES string of the molecule is CCCCn1cc(CNCCOC)c(C)n1. The van der Waals surface area contributed by atoms with E-state index in [1.165, 1.54) is 18.4 Å². The molecule has 0 radical (unpaired) electrons. The lowest BCUT2D eigenvalue weighted by molar-refractivity contribution is 0.199. The van der Waals surface area contributed by atoms with Gasteiger partial charge in [-0.1, -0.05) is 13.3 Å². The maximum Gasteiger partial charge on any atom is 0.0638 e. The maximum atomic E-state index is 4.98. The zero-order valence-electron chi connectivity index (χ0n) is 10.6. The van der Waals surface area contributed by atoms with Crippen molar-refractivity contribution in [2.45, 2.75) is 39.8 Å². The molecule has 0 fully saturated rings. The Bertz CT molecular complexity index is 296. The second-order valence-electron chi connectivity index (χ2n) is 4.03. The predicted octanol–water partition coefficient (Wildman–Crippen LogP) is 1.73. The summed E-state index contributed by atoms with van der Waals surface area (Å²) < 4.78 is 7.03. The largest absolute Gasteiger partial charge is 0.383 e. The minimum atomic E-state index is 0.753. The summed E-state index contributed by atoms with van der Waals surface area (Å²) in [5.74, 6) is 0. The number of aromatic nitrogens is 2. The molecule has 1 rings (SSSR count). The third kappa shape index (κ3) is 4.33. The highest BCUT2D eigenvalue weighted by Crippen LogP contribution is 2.06. The Morgan fingerprint density at radius 2 is 2.31 bits per heavy atom. The summed E-state index contributed by atoms with van der Waals surface area (Å²) in [5, 5.41) is 7.83. The quantitative estimate of drug-likeness (QED) is 0.685. The van der Waals surface area contributed by atoms with E-state index in [9.17, 15) is 0 Å². The van der Waals surface area contributed by atoms with Crippen molar-refractivity contribution in [2.75, 3.05) is 20.3 Å². The van der Waals surface area contributed by atoms with Crippen molar-refractivity contribution >= 4 is 0 Å². The highest BCUT2D eigenvalue weighted by Gasteiger charge is 2.03. The van der Waals surface area contributed by atoms with Gasteiger partial charge in [-0.2, -0.15) is 5.10 Å². The molecule has 0 aliphatic heterocycles. The third-order valence-corrected chi connectivity index (χ3v) is 2.59. The lowest BCUT2D eigenvalue weighted by atomic mass is 10.2. The second kappa shape index (κ2) is 7.41. The van der Waals surface area contributed by atoms with Crippen LogP contribution in [0.2, 0.25) is 0 Å². The lowest BCUT2D eigenvalue weighted by Gasteiger charge is -2.02. The number of ether oxygens (including phenoxy) is 1. The monoisotopic (exact) mass is 225 g/mol. The Kier molecular flexibility index (Phi) is 6.11. The van der Waals surface area contributed by atoms with Crippen molar-refractivity contribution in [3.05, 3.63) is 17.5 Å². The van der Waals surface area contributed by atoms with Crippen LogP contribution >= 0.6 is 0 Å². The normalized spacial score (nSPS) is 10.9. The van der Waals surface area contributed by atoms with Gasteiger partial charge in [-0.15, -0.1) is 0 Å². The van der Waals surface area contributed by atoms with Crippen molar-refractivity contribution in [3.8, 4) is 0 Å². The van der Waals surface area contributed by atoms with Gasteiger partial charge in [0.05, 0.1) is 12.3 Å². The van der Waals surface area contributed by atoms with Crippen molar-refractivity contribution in [3.63, 3.8) is 0 Å². The fourth-order valence-electron chi connectivity index (χ4n) is 1.56. The summed E-state index contributed by atoms with van der Waals surface area (Å²) in [6, 6.07) is 0. The van der Waals surface area contributed by atoms with Crippen molar-refractivity contribution < 1.29 is 4.74 Å². The van der Waals surface area contributed by atoms with E-state index in [2.05, 4.69) is 30.5 Å². The van der Waals surface area contributed by atoms with Crippen LogP contribution in [0.1, 0.15) is 31.0 Å². The van der Waals surface area contributed by atoms with Crippen LogP contribution in [0.15, 0.2) is 6.20 Å². The van der Waals surface area contributed by atoms with Gasteiger partial charge in [0.1, 0.15) is 0 Å². The molecule has 0 spiro atoms. The van der Waals surface area contributed by atoms with Crippen LogP contribution in [0.3, 0.4) is 0 Å². The fourth-order valence-corrected chi connectivity index (χ4v) is 1.56. The Balaban J connectivity index is 2.37. The van der Waals surface area contributed by atoms with Crippen LogP contribution in [0.4, 0.5) is 0 Å². The van der Waals surface area contributed by atoms with E-state index in [4.69, 9.17) is 4.74 Å². The van der Waals surface area contributed by atoms with Gasteiger partial charge in [0.25, 0.3) is 0 Å². The van der Waals surface area contributed by atoms with Gasteiger partial charge >= 0.3 is 0 Å². The molecule has 0 atom stereocenters. The smallest absolute Gasteiger partial charge is 0.0638 e. The Labute approximate surface area is 98.0 Å². The van der Waals surface area contributed by atoms with Crippen LogP contribution in [0.5, 0.6) is 0 Å². The summed E-state index contributed by atoms with van der Waals surface area (Å²) in [7, 11) is 1.72. The van der Waals surface area contributed by atoms with Gasteiger partial charge in [0.15, 0.2) is 0 Å². The molecule has 0 amide bonds. The molecule has 4 heteroatoms. The number of nitrogens with one attached hydrogen (secondary N) is 1. The fraction of sp³-hybridized carbons (Fsp3) is 0.750. The van der Waals surface area contributed by atoms with E-state index in [0.717, 1.165) is 31.9 Å². The van der Waals surface area contributed by atoms with Gasteiger partial charge in [-0.05, 0) is 13.3 Å². The molecule has 1 heterocycles. The highest BCUT2D eigenvalue weighted by molar-refractivity contribution is 5.14. The molecule has 1 aromatic rings. The standard InChI is InChI=1S/C12H23N3O/c1-4-5-7-15-10-12(11(2)14-15)9-13-6-8-16-3/h10,13H,4-9H2,1-3H3. The molecule has 0 aliphatic rings. The Hall–Kier alpha value is -0.870. The second-order valence-corrected chi connectivity index (χ2v) is 4.03. The van der Waals surface area contributed by atoms with Gasteiger partial charge in [0.2, 0.25) is 0 Å². The maximum absolute atomic E-state index is 4.98. The van der Waals surface area contributed by atoms with Gasteiger partial charge in [-0.25, -0.2) is 0 Å². The topological polar surface area (TPSA) is 39.1 Å². The lowest BCUT2D eigenvalue weighted by Crippen LogP contribution is -2.18. The molecule has 4 nitrogen and oxygen atoms in total. The average molecular weight is 225 g/mol. The molecule has 1 N–H and O–H groups in total. The van der Waals surface area contributed by atoms with Crippen molar-refractivity contribution in [1.82, 2.24) is 15.1 Å². The zero-order chi connectivity index (χ0) is 11.8. The Morgan fingerprint density at radius 1 is 1.50 bits per heavy atom. The van der Waals surface area contributed by atoms with Crippen LogP contribution in [-0.2, 0) is 17.8 Å². The van der Waals surface area contributed by atoms with Crippen molar-refractivity contribution in [2.24, 2.45) is 0 Å². The van der Waals surface area contributed by atoms with Crippen LogP contribution in [-0.4, -0.2) is 30.0 Å². The first-order chi connectivity index (χ1) is 7.77. The van der Waals surface area contributed by atoms with Crippen LogP contribution in [0.25, 0.3) is 0 Å². The number of aryl methyl sites for hydroxylation is 2.